The summed E-state index contributed by atoms with van der Waals surface area (Å²) in [5.74, 6) is 0.728. The molecule has 19 heavy (non-hydrogen) atoms. The number of pyridine rings is 1. The molecule has 0 spiro atoms. The van der Waals surface area contributed by atoms with Crippen LogP contribution in [0.4, 0.5) is 0 Å². The van der Waals surface area contributed by atoms with Crippen LogP contribution in [0, 0.1) is 0 Å². The Balaban J connectivity index is 1.78. The topological polar surface area (TPSA) is 48.8 Å². The summed E-state index contributed by atoms with van der Waals surface area (Å²) in [6.45, 7) is 2.22. The van der Waals surface area contributed by atoms with Gasteiger partial charge >= 0.3 is 4.34 Å². The molecule has 0 radical (unpaired) electrons. The molecule has 0 N–H and O–H groups in total. The SMILES string of the molecule is CCCCCCCC[S+]([O-])c1nc2cccnc2s1. The first-order chi connectivity index (χ1) is 9.31. The van der Waals surface area contributed by atoms with Crippen LogP contribution in [0.3, 0.4) is 0 Å². The molecule has 0 fully saturated rings. The van der Waals surface area contributed by atoms with Gasteiger partial charge in [-0.3, -0.25) is 0 Å². The molecule has 0 saturated heterocycles. The van der Waals surface area contributed by atoms with Gasteiger partial charge in [0.25, 0.3) is 0 Å². The van der Waals surface area contributed by atoms with Gasteiger partial charge in [-0.15, -0.1) is 0 Å². The summed E-state index contributed by atoms with van der Waals surface area (Å²) >= 11 is 0.499. The Bertz CT molecular complexity index is 468. The summed E-state index contributed by atoms with van der Waals surface area (Å²) in [4.78, 5) is 9.52. The lowest BCUT2D eigenvalue weighted by Crippen LogP contribution is -2.06. The zero-order chi connectivity index (χ0) is 13.5. The Morgan fingerprint density at radius 2 is 2.00 bits per heavy atom. The Kier molecular flexibility index (Phi) is 6.07. The van der Waals surface area contributed by atoms with Gasteiger partial charge in [-0.25, -0.2) is 4.98 Å². The zero-order valence-electron chi connectivity index (χ0n) is 11.3. The van der Waals surface area contributed by atoms with E-state index < -0.39 is 11.2 Å². The van der Waals surface area contributed by atoms with E-state index in [0.29, 0.717) is 0 Å². The summed E-state index contributed by atoms with van der Waals surface area (Å²) in [5, 5.41) is 0. The second kappa shape index (κ2) is 7.82. The standard InChI is InChI=1S/C14H20N2OS2/c1-2-3-4-5-6-7-11-19(17)14-16-12-9-8-10-15-13(12)18-14/h8-10H,2-7,11H2,1H3. The average Bonchev–Trinajstić information content (AvgIpc) is 2.86. The van der Waals surface area contributed by atoms with Gasteiger partial charge in [0.2, 0.25) is 0 Å². The summed E-state index contributed by atoms with van der Waals surface area (Å²) in [5.41, 5.74) is 0.860. The predicted octanol–water partition coefficient (Wildman–Crippen LogP) is 4.16. The van der Waals surface area contributed by atoms with Gasteiger partial charge in [-0.1, -0.05) is 32.6 Å². The van der Waals surface area contributed by atoms with Gasteiger partial charge in [0.05, 0.1) is 0 Å². The van der Waals surface area contributed by atoms with Gasteiger partial charge in [-0.05, 0) is 36.3 Å². The van der Waals surface area contributed by atoms with E-state index in [9.17, 15) is 4.55 Å². The molecule has 2 heterocycles. The van der Waals surface area contributed by atoms with E-state index in [2.05, 4.69) is 16.9 Å². The van der Waals surface area contributed by atoms with Crippen molar-refractivity contribution in [3.63, 3.8) is 0 Å². The highest BCUT2D eigenvalue weighted by molar-refractivity contribution is 7.93. The molecule has 0 aliphatic heterocycles. The number of rotatable bonds is 8. The third-order valence-electron chi connectivity index (χ3n) is 3.02. The highest BCUT2D eigenvalue weighted by atomic mass is 32.2. The normalized spacial score (nSPS) is 12.9. The van der Waals surface area contributed by atoms with Crippen molar-refractivity contribution >= 4 is 32.9 Å². The second-order valence-electron chi connectivity index (χ2n) is 4.62. The Hall–Kier alpha value is -0.650. The number of nitrogens with zero attached hydrogens (tertiary/aromatic N) is 2. The maximum atomic E-state index is 12.1. The molecule has 2 aromatic heterocycles. The van der Waals surface area contributed by atoms with Crippen LogP contribution in [0.25, 0.3) is 10.3 Å². The highest BCUT2D eigenvalue weighted by Gasteiger charge is 2.16. The number of fused-ring (bicyclic) bond motifs is 1. The Labute approximate surface area is 121 Å². The second-order valence-corrected chi connectivity index (χ2v) is 7.35. The van der Waals surface area contributed by atoms with Crippen LogP contribution < -0.4 is 0 Å². The number of unbranched alkanes of at least 4 members (excludes halogenated alkanes) is 5. The van der Waals surface area contributed by atoms with Crippen molar-refractivity contribution in [3.05, 3.63) is 18.3 Å². The molecule has 0 bridgehead atoms. The van der Waals surface area contributed by atoms with Crippen LogP contribution in [0.1, 0.15) is 45.4 Å². The largest absolute Gasteiger partial charge is 0.610 e. The monoisotopic (exact) mass is 296 g/mol. The quantitative estimate of drug-likeness (QED) is 0.543. The molecular formula is C14H20N2OS2. The number of aromatic nitrogens is 2. The van der Waals surface area contributed by atoms with Crippen LogP contribution in [-0.4, -0.2) is 20.3 Å². The van der Waals surface area contributed by atoms with E-state index in [1.165, 1.54) is 43.4 Å². The van der Waals surface area contributed by atoms with Gasteiger partial charge < -0.3 is 4.55 Å². The van der Waals surface area contributed by atoms with Crippen molar-refractivity contribution in [2.24, 2.45) is 0 Å². The molecule has 0 aliphatic rings. The van der Waals surface area contributed by atoms with Gasteiger partial charge in [0.15, 0.2) is 0 Å². The number of hydrogen-bond donors (Lipinski definition) is 0. The fraction of sp³-hybridized carbons (Fsp3) is 0.571. The highest BCUT2D eigenvalue weighted by Crippen LogP contribution is 2.24. The van der Waals surface area contributed by atoms with Crippen LogP contribution in [0.2, 0.25) is 0 Å². The maximum absolute atomic E-state index is 12.1. The van der Waals surface area contributed by atoms with Gasteiger partial charge in [0.1, 0.15) is 16.1 Å². The molecule has 2 rings (SSSR count). The third-order valence-corrected chi connectivity index (χ3v) is 5.75. The summed E-state index contributed by atoms with van der Waals surface area (Å²) in [6, 6.07) is 3.78. The van der Waals surface area contributed by atoms with Crippen molar-refractivity contribution in [3.8, 4) is 0 Å². The Morgan fingerprint density at radius 1 is 1.21 bits per heavy atom. The smallest absolute Gasteiger partial charge is 0.304 e. The van der Waals surface area contributed by atoms with E-state index >= 15 is 0 Å². The molecule has 3 nitrogen and oxygen atoms in total. The summed E-state index contributed by atoms with van der Waals surface area (Å²) in [6.07, 6.45) is 9.09. The van der Waals surface area contributed by atoms with Crippen LogP contribution in [0.15, 0.2) is 22.7 Å². The molecule has 1 unspecified atom stereocenters. The number of hydrogen-bond acceptors (Lipinski definition) is 4. The van der Waals surface area contributed by atoms with Crippen molar-refractivity contribution < 1.29 is 4.55 Å². The average molecular weight is 296 g/mol. The summed E-state index contributed by atoms with van der Waals surface area (Å²) < 4.78 is 12.9. The number of thiazole rings is 1. The van der Waals surface area contributed by atoms with Crippen LogP contribution >= 0.6 is 11.3 Å². The molecular weight excluding hydrogens is 276 g/mol. The van der Waals surface area contributed by atoms with Crippen LogP contribution in [0.5, 0.6) is 0 Å². The van der Waals surface area contributed by atoms with Crippen molar-refractivity contribution in [2.75, 3.05) is 5.75 Å². The molecule has 0 aliphatic carbocycles. The first kappa shape index (κ1) is 14.8. The van der Waals surface area contributed by atoms with Gasteiger partial charge in [-0.2, -0.15) is 4.98 Å². The molecule has 0 aromatic carbocycles. The maximum Gasteiger partial charge on any atom is 0.304 e. The molecule has 2 aromatic rings. The van der Waals surface area contributed by atoms with E-state index in [1.54, 1.807) is 6.20 Å². The minimum Gasteiger partial charge on any atom is -0.610 e. The van der Waals surface area contributed by atoms with Gasteiger partial charge in [0, 0.05) is 17.4 Å². The molecule has 5 heteroatoms. The predicted molar refractivity (Wildman–Crippen MR) is 82.1 cm³/mol. The van der Waals surface area contributed by atoms with Crippen molar-refractivity contribution in [1.82, 2.24) is 9.97 Å². The molecule has 0 amide bonds. The summed E-state index contributed by atoms with van der Waals surface area (Å²) in [7, 11) is 0. The molecule has 1 atom stereocenters. The minimum atomic E-state index is -0.956. The van der Waals surface area contributed by atoms with Crippen molar-refractivity contribution in [2.45, 2.75) is 49.8 Å². The lowest BCUT2D eigenvalue weighted by Gasteiger charge is -2.06. The van der Waals surface area contributed by atoms with E-state index in [4.69, 9.17) is 0 Å². The lowest BCUT2D eigenvalue weighted by atomic mass is 10.1. The zero-order valence-corrected chi connectivity index (χ0v) is 12.9. The first-order valence-corrected chi connectivity index (χ1v) is 9.04. The van der Waals surface area contributed by atoms with Crippen molar-refractivity contribution in [1.29, 1.82) is 0 Å². The minimum absolute atomic E-state index is 0.724. The lowest BCUT2D eigenvalue weighted by molar-refractivity contribution is 0.582. The molecule has 0 saturated carbocycles. The first-order valence-electron chi connectivity index (χ1n) is 6.91. The third kappa shape index (κ3) is 4.44. The van der Waals surface area contributed by atoms with E-state index in [1.807, 2.05) is 12.1 Å². The molecule has 104 valence electrons. The fourth-order valence-corrected chi connectivity index (χ4v) is 4.29. The van der Waals surface area contributed by atoms with E-state index in [0.717, 1.165) is 26.9 Å². The Morgan fingerprint density at radius 3 is 2.79 bits per heavy atom. The fourth-order valence-electron chi connectivity index (χ4n) is 1.95. The van der Waals surface area contributed by atoms with Crippen LogP contribution in [-0.2, 0) is 11.2 Å². The van der Waals surface area contributed by atoms with E-state index in [-0.39, 0.29) is 0 Å².